The van der Waals surface area contributed by atoms with E-state index in [-0.39, 0.29) is 22.2 Å². The minimum Gasteiger partial charge on any atom is -0.303 e. The summed E-state index contributed by atoms with van der Waals surface area (Å²) in [6.07, 6.45) is 12.1. The van der Waals surface area contributed by atoms with Crippen molar-refractivity contribution in [2.75, 3.05) is 91.6 Å². The Balaban J connectivity index is 1.18. The zero-order valence-corrected chi connectivity index (χ0v) is 42.8. The minimum absolute atomic E-state index is 0.177. The highest BCUT2D eigenvalue weighted by molar-refractivity contribution is 5.13. The highest BCUT2D eigenvalue weighted by Gasteiger charge is 2.58. The van der Waals surface area contributed by atoms with Crippen LogP contribution < -0.4 is 0 Å². The Kier molecular flexibility index (Phi) is 14.1. The van der Waals surface area contributed by atoms with Gasteiger partial charge in [0.05, 0.1) is 0 Å². The third-order valence-electron chi connectivity index (χ3n) is 19.3. The number of nitrogens with zero attached hydrogens (tertiary/aromatic N) is 6. The lowest BCUT2D eigenvalue weighted by atomic mass is 9.60. The second-order valence-electron chi connectivity index (χ2n) is 27.7. The van der Waals surface area contributed by atoms with E-state index in [0.29, 0.717) is 21.7 Å². The molecule has 6 heterocycles. The second-order valence-corrected chi connectivity index (χ2v) is 27.7. The number of hydrogen-bond donors (Lipinski definition) is 0. The summed E-state index contributed by atoms with van der Waals surface area (Å²) < 4.78 is 0. The van der Waals surface area contributed by atoms with Gasteiger partial charge < -0.3 is 9.80 Å². The van der Waals surface area contributed by atoms with Crippen molar-refractivity contribution in [1.82, 2.24) is 29.4 Å². The molecular weight excluding hydrogens is 721 g/mol. The molecule has 6 rings (SSSR count). The largest absolute Gasteiger partial charge is 0.303 e. The van der Waals surface area contributed by atoms with Crippen molar-refractivity contribution in [2.45, 2.75) is 198 Å². The SMILES string of the molecule is CC(C)(C)C1CCN(CC2CCN(C(C)(C)CCC(C)(C)N3CCC(CN4CC(C(C)(C)C)C4)C(C4CCN(C(C)(C)C)C4)(N4CCC(C)(C(C)(C)C)CC4)C3)C2)CC1. The summed E-state index contributed by atoms with van der Waals surface area (Å²) >= 11 is 0. The molecule has 6 saturated heterocycles. The molecule has 6 aliphatic rings. The van der Waals surface area contributed by atoms with Crippen molar-refractivity contribution >= 4 is 0 Å². The molecule has 6 nitrogen and oxygen atoms in total. The van der Waals surface area contributed by atoms with Crippen LogP contribution in [0.1, 0.15) is 175 Å². The third kappa shape index (κ3) is 10.7. The van der Waals surface area contributed by atoms with Crippen LogP contribution in [0.3, 0.4) is 0 Å². The fourth-order valence-electron chi connectivity index (χ4n) is 13.2. The van der Waals surface area contributed by atoms with E-state index < -0.39 is 0 Å². The molecule has 0 saturated carbocycles. The molecule has 0 aromatic carbocycles. The lowest BCUT2D eigenvalue weighted by molar-refractivity contribution is -0.133. The fourth-order valence-corrected chi connectivity index (χ4v) is 13.2. The number of piperidine rings is 3. The molecule has 6 fully saturated rings. The molecule has 0 amide bonds. The molecule has 6 heteroatoms. The van der Waals surface area contributed by atoms with Crippen LogP contribution in [0.5, 0.6) is 0 Å². The molecule has 0 N–H and O–H groups in total. The van der Waals surface area contributed by atoms with E-state index in [9.17, 15) is 0 Å². The number of hydrogen-bond acceptors (Lipinski definition) is 6. The first-order valence-electron chi connectivity index (χ1n) is 25.5. The van der Waals surface area contributed by atoms with Crippen molar-refractivity contribution in [3.63, 3.8) is 0 Å². The topological polar surface area (TPSA) is 19.4 Å². The van der Waals surface area contributed by atoms with Gasteiger partial charge in [0.15, 0.2) is 0 Å². The van der Waals surface area contributed by atoms with Crippen LogP contribution in [-0.4, -0.2) is 143 Å². The third-order valence-corrected chi connectivity index (χ3v) is 19.3. The van der Waals surface area contributed by atoms with E-state index in [1.807, 2.05) is 0 Å². The van der Waals surface area contributed by atoms with Crippen molar-refractivity contribution in [3.8, 4) is 0 Å². The lowest BCUT2D eigenvalue weighted by Gasteiger charge is -2.63. The first-order valence-corrected chi connectivity index (χ1v) is 25.5. The molecule has 0 aromatic heterocycles. The Morgan fingerprint density at radius 2 is 1.03 bits per heavy atom. The average molecular weight is 823 g/mol. The number of likely N-dealkylation sites (tertiary alicyclic amines) is 6. The quantitative estimate of drug-likeness (QED) is 0.205. The maximum Gasteiger partial charge on any atom is 0.0418 e. The Hall–Kier alpha value is -0.240. The van der Waals surface area contributed by atoms with Crippen LogP contribution >= 0.6 is 0 Å². The Morgan fingerprint density at radius 1 is 0.492 bits per heavy atom. The van der Waals surface area contributed by atoms with E-state index in [1.165, 1.54) is 149 Å². The van der Waals surface area contributed by atoms with E-state index in [1.54, 1.807) is 0 Å². The number of rotatable bonds is 11. The first-order chi connectivity index (χ1) is 27.0. The van der Waals surface area contributed by atoms with E-state index >= 15 is 0 Å². The van der Waals surface area contributed by atoms with Crippen LogP contribution in [0, 0.1) is 51.2 Å². The molecule has 0 aromatic rings. The van der Waals surface area contributed by atoms with Crippen LogP contribution in [0.15, 0.2) is 0 Å². The van der Waals surface area contributed by atoms with Gasteiger partial charge in [-0.3, -0.25) is 19.6 Å². The van der Waals surface area contributed by atoms with Gasteiger partial charge in [-0.2, -0.15) is 0 Å². The predicted molar refractivity (Wildman–Crippen MR) is 255 cm³/mol. The van der Waals surface area contributed by atoms with Gasteiger partial charge in [0.2, 0.25) is 0 Å². The molecular formula is C53H102N6. The molecule has 4 unspecified atom stereocenters. The minimum atomic E-state index is 0.177. The van der Waals surface area contributed by atoms with Gasteiger partial charge in [-0.05, 0) is 203 Å². The molecule has 0 radical (unpaired) electrons. The van der Waals surface area contributed by atoms with Gasteiger partial charge in [-0.15, -0.1) is 0 Å². The van der Waals surface area contributed by atoms with Gasteiger partial charge in [0.25, 0.3) is 0 Å². The van der Waals surface area contributed by atoms with Crippen LogP contribution in [0.25, 0.3) is 0 Å². The van der Waals surface area contributed by atoms with Crippen LogP contribution in [-0.2, 0) is 0 Å². The predicted octanol–water partition coefficient (Wildman–Crippen LogP) is 10.7. The van der Waals surface area contributed by atoms with E-state index in [4.69, 9.17) is 0 Å². The summed E-state index contributed by atoms with van der Waals surface area (Å²) in [7, 11) is 0. The van der Waals surface area contributed by atoms with Gasteiger partial charge in [-0.25, -0.2) is 0 Å². The van der Waals surface area contributed by atoms with Gasteiger partial charge >= 0.3 is 0 Å². The summed E-state index contributed by atoms with van der Waals surface area (Å²) in [6.45, 7) is 60.8. The van der Waals surface area contributed by atoms with Gasteiger partial charge in [-0.1, -0.05) is 69.2 Å². The molecule has 4 atom stereocenters. The molecule has 0 bridgehead atoms. The normalized spacial score (nSPS) is 32.0. The second kappa shape index (κ2) is 17.3. The summed E-state index contributed by atoms with van der Waals surface area (Å²) in [4.78, 5) is 17.7. The molecule has 0 spiro atoms. The van der Waals surface area contributed by atoms with E-state index in [2.05, 4.69) is 147 Å². The highest BCUT2D eigenvalue weighted by Crippen LogP contribution is 2.52. The first kappa shape index (κ1) is 48.2. The monoisotopic (exact) mass is 823 g/mol. The Bertz CT molecular complexity index is 1350. The fraction of sp³-hybridized carbons (Fsp3) is 1.00. The van der Waals surface area contributed by atoms with Crippen molar-refractivity contribution in [3.05, 3.63) is 0 Å². The molecule has 0 aliphatic carbocycles. The summed E-state index contributed by atoms with van der Waals surface area (Å²) in [6, 6.07) is 0. The lowest BCUT2D eigenvalue weighted by Crippen LogP contribution is -2.73. The van der Waals surface area contributed by atoms with Gasteiger partial charge in [0.1, 0.15) is 0 Å². The standard InChI is InChI=1S/C53H102N6/c1-46(2,3)42-19-27-54(28-20-42)34-41-18-29-58(35-41)50(13,14)23-24-51(15,16)59-31-22-43(36-55-37-45(38-55)47(4,5)6)53(40-59,44-21-30-57(39-44)49(10,11)12)56-32-25-52(17,26-33-56)48(7,8)9/h41-45H,18-40H2,1-17H3. The van der Waals surface area contributed by atoms with Crippen LogP contribution in [0.4, 0.5) is 0 Å². The molecule has 6 aliphatic heterocycles. The average Bonchev–Trinajstić information content (AvgIpc) is 3.80. The Morgan fingerprint density at radius 3 is 1.56 bits per heavy atom. The molecule has 344 valence electrons. The van der Waals surface area contributed by atoms with Crippen molar-refractivity contribution < 1.29 is 0 Å². The Labute approximate surface area is 368 Å². The van der Waals surface area contributed by atoms with Crippen LogP contribution in [0.2, 0.25) is 0 Å². The zero-order chi connectivity index (χ0) is 43.6. The molecule has 59 heavy (non-hydrogen) atoms. The van der Waals surface area contributed by atoms with Crippen molar-refractivity contribution in [1.29, 1.82) is 0 Å². The maximum absolute atomic E-state index is 3.17. The van der Waals surface area contributed by atoms with E-state index in [0.717, 1.165) is 29.6 Å². The highest BCUT2D eigenvalue weighted by atomic mass is 15.3. The zero-order valence-electron chi connectivity index (χ0n) is 42.8. The van der Waals surface area contributed by atoms with Crippen molar-refractivity contribution in [2.24, 2.45) is 51.2 Å². The summed E-state index contributed by atoms with van der Waals surface area (Å²) in [5, 5.41) is 0. The summed E-state index contributed by atoms with van der Waals surface area (Å²) in [5.74, 6) is 4.01. The summed E-state index contributed by atoms with van der Waals surface area (Å²) in [5.41, 5.74) is 2.49. The maximum atomic E-state index is 3.17. The smallest absolute Gasteiger partial charge is 0.0418 e. The van der Waals surface area contributed by atoms with Gasteiger partial charge in [0, 0.05) is 68.0 Å².